The van der Waals surface area contributed by atoms with Crippen molar-refractivity contribution in [3.05, 3.63) is 94.3 Å². The number of hydrogen-bond acceptors (Lipinski definition) is 6. The van der Waals surface area contributed by atoms with Crippen LogP contribution in [0, 0.1) is 13.8 Å². The van der Waals surface area contributed by atoms with E-state index < -0.39 is 17.7 Å². The molecular weight excluding hydrogens is 432 g/mol. The zero-order chi connectivity index (χ0) is 24.4. The molecule has 0 aliphatic carbocycles. The summed E-state index contributed by atoms with van der Waals surface area (Å²) >= 11 is 0. The second kappa shape index (κ2) is 9.39. The number of hydrogen-bond donors (Lipinski definition) is 2. The third-order valence-electron chi connectivity index (χ3n) is 5.86. The van der Waals surface area contributed by atoms with Crippen molar-refractivity contribution in [2.75, 3.05) is 6.61 Å². The van der Waals surface area contributed by atoms with Gasteiger partial charge in [-0.3, -0.25) is 14.6 Å². The summed E-state index contributed by atoms with van der Waals surface area (Å²) in [6.07, 6.45) is 3.26. The fourth-order valence-electron chi connectivity index (χ4n) is 4.19. The van der Waals surface area contributed by atoms with Gasteiger partial charge in [-0.15, -0.1) is 0 Å². The predicted octanol–water partition coefficient (Wildman–Crippen LogP) is 4.42. The van der Waals surface area contributed by atoms with Gasteiger partial charge in [0, 0.05) is 24.5 Å². The van der Waals surface area contributed by atoms with Crippen molar-refractivity contribution in [1.29, 1.82) is 0 Å². The van der Waals surface area contributed by atoms with Crippen LogP contribution in [-0.4, -0.2) is 38.4 Å². The van der Waals surface area contributed by atoms with Gasteiger partial charge in [-0.1, -0.05) is 29.8 Å². The molecular formula is C27H26N2O5. The second-order valence-corrected chi connectivity index (χ2v) is 8.27. The van der Waals surface area contributed by atoms with Gasteiger partial charge in [0.05, 0.1) is 18.2 Å². The minimum Gasteiger partial charge on any atom is -0.507 e. The number of aryl methyl sites for hydroxylation is 2. The van der Waals surface area contributed by atoms with Crippen LogP contribution in [0.4, 0.5) is 0 Å². The number of carbonyl (C=O) groups is 2. The first-order chi connectivity index (χ1) is 16.3. The van der Waals surface area contributed by atoms with E-state index in [0.29, 0.717) is 17.7 Å². The molecule has 1 saturated heterocycles. The number of amides is 1. The van der Waals surface area contributed by atoms with Crippen molar-refractivity contribution in [2.45, 2.75) is 33.4 Å². The quantitative estimate of drug-likeness (QED) is 0.322. The van der Waals surface area contributed by atoms with Crippen molar-refractivity contribution >= 4 is 17.4 Å². The van der Waals surface area contributed by atoms with Gasteiger partial charge in [0.15, 0.2) is 11.5 Å². The van der Waals surface area contributed by atoms with Crippen LogP contribution in [0.1, 0.15) is 40.8 Å². The number of Topliss-reactive ketones (excluding diaryl/α,β-unsaturated/α-hetero) is 1. The number of nitrogens with zero attached hydrogens (tertiary/aromatic N) is 2. The molecule has 1 amide bonds. The minimum atomic E-state index is -0.875. The third-order valence-corrected chi connectivity index (χ3v) is 5.86. The second-order valence-electron chi connectivity index (χ2n) is 8.27. The van der Waals surface area contributed by atoms with Gasteiger partial charge in [0.1, 0.15) is 5.76 Å². The van der Waals surface area contributed by atoms with Crippen LogP contribution < -0.4 is 4.74 Å². The summed E-state index contributed by atoms with van der Waals surface area (Å²) in [7, 11) is 0. The summed E-state index contributed by atoms with van der Waals surface area (Å²) in [5.74, 6) is -1.53. The highest BCUT2D eigenvalue weighted by molar-refractivity contribution is 6.46. The highest BCUT2D eigenvalue weighted by Gasteiger charge is 2.46. The molecule has 1 aliphatic heterocycles. The number of likely N-dealkylation sites (tertiary alicyclic amines) is 1. The van der Waals surface area contributed by atoms with Gasteiger partial charge in [0.25, 0.3) is 11.7 Å². The minimum absolute atomic E-state index is 0.00396. The van der Waals surface area contributed by atoms with Gasteiger partial charge in [-0.05, 0) is 61.7 Å². The van der Waals surface area contributed by atoms with E-state index in [9.17, 15) is 19.8 Å². The van der Waals surface area contributed by atoms with Crippen LogP contribution in [0.3, 0.4) is 0 Å². The van der Waals surface area contributed by atoms with Crippen molar-refractivity contribution in [1.82, 2.24) is 9.88 Å². The van der Waals surface area contributed by atoms with Crippen molar-refractivity contribution < 1.29 is 24.5 Å². The summed E-state index contributed by atoms with van der Waals surface area (Å²) in [6, 6.07) is 12.9. The summed E-state index contributed by atoms with van der Waals surface area (Å²) in [5.41, 5.74) is 3.46. The maximum atomic E-state index is 13.3. The van der Waals surface area contributed by atoms with Crippen molar-refractivity contribution in [2.24, 2.45) is 0 Å². The fourth-order valence-corrected chi connectivity index (χ4v) is 4.19. The number of aromatic hydroxyl groups is 1. The smallest absolute Gasteiger partial charge is 0.295 e. The normalized spacial score (nSPS) is 17.3. The van der Waals surface area contributed by atoms with Crippen LogP contribution in [0.15, 0.2) is 66.5 Å². The van der Waals surface area contributed by atoms with Crippen LogP contribution in [0.2, 0.25) is 0 Å². The molecule has 174 valence electrons. The van der Waals surface area contributed by atoms with Crippen LogP contribution in [-0.2, 0) is 16.1 Å². The molecule has 1 atom stereocenters. The fraction of sp³-hybridized carbons (Fsp3) is 0.222. The van der Waals surface area contributed by atoms with Crippen LogP contribution in [0.25, 0.3) is 5.76 Å². The van der Waals surface area contributed by atoms with Gasteiger partial charge >= 0.3 is 0 Å². The number of benzene rings is 2. The molecule has 4 rings (SSSR count). The van der Waals surface area contributed by atoms with Gasteiger partial charge in [-0.25, -0.2) is 0 Å². The average Bonchev–Trinajstić information content (AvgIpc) is 3.07. The number of aliphatic hydroxyl groups is 1. The molecule has 34 heavy (non-hydrogen) atoms. The van der Waals surface area contributed by atoms with E-state index in [1.807, 2.05) is 32.0 Å². The van der Waals surface area contributed by atoms with E-state index in [1.165, 1.54) is 11.0 Å². The lowest BCUT2D eigenvalue weighted by molar-refractivity contribution is -0.140. The number of ether oxygens (including phenoxy) is 1. The third kappa shape index (κ3) is 4.24. The first-order valence-electron chi connectivity index (χ1n) is 11.0. The lowest BCUT2D eigenvalue weighted by atomic mass is 9.93. The Morgan fingerprint density at radius 1 is 1.12 bits per heavy atom. The Labute approximate surface area is 198 Å². The Kier molecular flexibility index (Phi) is 6.36. The topological polar surface area (TPSA) is 100.0 Å². The molecule has 7 nitrogen and oxygen atoms in total. The zero-order valence-corrected chi connectivity index (χ0v) is 19.3. The Morgan fingerprint density at radius 2 is 1.91 bits per heavy atom. The average molecular weight is 459 g/mol. The summed E-state index contributed by atoms with van der Waals surface area (Å²) in [6.45, 7) is 5.97. The highest BCUT2D eigenvalue weighted by atomic mass is 16.5. The summed E-state index contributed by atoms with van der Waals surface area (Å²) in [5, 5.41) is 21.5. The molecule has 2 aromatic carbocycles. The van der Waals surface area contributed by atoms with E-state index in [2.05, 4.69) is 4.98 Å². The Hall–Kier alpha value is -4.13. The molecule has 1 aliphatic rings. The van der Waals surface area contributed by atoms with Gasteiger partial charge in [-0.2, -0.15) is 0 Å². The number of phenolic OH excluding ortho intramolecular Hbond substituents is 1. The number of rotatable bonds is 6. The van der Waals surface area contributed by atoms with Crippen molar-refractivity contribution in [3.63, 3.8) is 0 Å². The zero-order valence-electron chi connectivity index (χ0n) is 19.3. The van der Waals surface area contributed by atoms with E-state index in [4.69, 9.17) is 4.74 Å². The largest absolute Gasteiger partial charge is 0.507 e. The number of phenols is 1. The number of pyridine rings is 1. The van der Waals surface area contributed by atoms with E-state index >= 15 is 0 Å². The maximum Gasteiger partial charge on any atom is 0.295 e. The molecule has 1 unspecified atom stereocenters. The molecule has 0 spiro atoms. The number of carbonyl (C=O) groups excluding carboxylic acids is 2. The van der Waals surface area contributed by atoms with Crippen molar-refractivity contribution in [3.8, 4) is 11.5 Å². The molecule has 2 heterocycles. The number of ketones is 1. The lowest BCUT2D eigenvalue weighted by Crippen LogP contribution is -2.29. The highest BCUT2D eigenvalue weighted by Crippen LogP contribution is 2.42. The first kappa shape index (κ1) is 23.0. The standard InChI is InChI=1S/C27H26N2O5/c1-4-34-22-13-19(9-10-21(22)30)24-23(25(31)20-12-16(2)7-8-17(20)3)26(32)27(33)29(24)15-18-6-5-11-28-14-18/h5-14,24,30-31H,4,15H2,1-3H3. The summed E-state index contributed by atoms with van der Waals surface area (Å²) < 4.78 is 5.53. The van der Waals surface area contributed by atoms with E-state index in [1.54, 1.807) is 43.6 Å². The number of aliphatic hydroxyl groups excluding tert-OH is 1. The molecule has 2 N–H and O–H groups in total. The molecule has 1 aromatic heterocycles. The predicted molar refractivity (Wildman–Crippen MR) is 127 cm³/mol. The molecule has 0 saturated carbocycles. The molecule has 3 aromatic rings. The van der Waals surface area contributed by atoms with Gasteiger partial charge < -0.3 is 19.8 Å². The Bertz CT molecular complexity index is 1280. The molecule has 0 radical (unpaired) electrons. The molecule has 1 fully saturated rings. The maximum absolute atomic E-state index is 13.3. The van der Waals surface area contributed by atoms with E-state index in [0.717, 1.165) is 16.7 Å². The number of aromatic nitrogens is 1. The van der Waals surface area contributed by atoms with Crippen LogP contribution in [0.5, 0.6) is 11.5 Å². The SMILES string of the molecule is CCOc1cc(C2C(=C(O)c3cc(C)ccc3C)C(=O)C(=O)N2Cc2cccnc2)ccc1O. The van der Waals surface area contributed by atoms with Crippen LogP contribution >= 0.6 is 0 Å². The Balaban J connectivity index is 1.92. The van der Waals surface area contributed by atoms with E-state index in [-0.39, 0.29) is 29.4 Å². The van der Waals surface area contributed by atoms with Gasteiger partial charge in [0.2, 0.25) is 0 Å². The lowest BCUT2D eigenvalue weighted by Gasteiger charge is -2.26. The monoisotopic (exact) mass is 458 g/mol. The first-order valence-corrected chi connectivity index (χ1v) is 11.0. The summed E-state index contributed by atoms with van der Waals surface area (Å²) in [4.78, 5) is 32.0. The molecule has 0 bridgehead atoms. The molecule has 7 heteroatoms. The Morgan fingerprint density at radius 3 is 2.62 bits per heavy atom.